The van der Waals surface area contributed by atoms with Gasteiger partial charge < -0.3 is 16.0 Å². The summed E-state index contributed by atoms with van der Waals surface area (Å²) in [5.41, 5.74) is 8.09. The van der Waals surface area contributed by atoms with E-state index in [2.05, 4.69) is 10.3 Å². The van der Waals surface area contributed by atoms with E-state index < -0.39 is 0 Å². The molecule has 0 amide bonds. The van der Waals surface area contributed by atoms with E-state index in [-0.39, 0.29) is 11.7 Å². The standard InChI is InChI=1S/C15H20FN3/c16-10-4-5-15-11(7-10)13(9-19-15)12(8-17)14-3-1-2-6-18-14/h4-5,7,9,12,14,18-19H,1-3,6,8,17H2. The number of rotatable bonds is 3. The van der Waals surface area contributed by atoms with Crippen LogP contribution in [0.15, 0.2) is 24.4 Å². The van der Waals surface area contributed by atoms with E-state index >= 15 is 0 Å². The molecule has 2 heterocycles. The van der Waals surface area contributed by atoms with Gasteiger partial charge in [-0.3, -0.25) is 0 Å². The largest absolute Gasteiger partial charge is 0.361 e. The highest BCUT2D eigenvalue weighted by atomic mass is 19.1. The Balaban J connectivity index is 1.98. The molecule has 0 aliphatic carbocycles. The minimum absolute atomic E-state index is 0.194. The van der Waals surface area contributed by atoms with Crippen LogP contribution in [0.4, 0.5) is 4.39 Å². The number of aromatic nitrogens is 1. The molecule has 2 aromatic rings. The fourth-order valence-electron chi connectivity index (χ4n) is 3.15. The molecular weight excluding hydrogens is 241 g/mol. The van der Waals surface area contributed by atoms with Crippen LogP contribution in [0, 0.1) is 5.82 Å². The van der Waals surface area contributed by atoms with Gasteiger partial charge in [0.1, 0.15) is 5.82 Å². The van der Waals surface area contributed by atoms with E-state index in [1.807, 2.05) is 6.20 Å². The van der Waals surface area contributed by atoms with Crippen LogP contribution in [0.25, 0.3) is 10.9 Å². The summed E-state index contributed by atoms with van der Waals surface area (Å²) in [7, 11) is 0. The van der Waals surface area contributed by atoms with Gasteiger partial charge in [0.2, 0.25) is 0 Å². The summed E-state index contributed by atoms with van der Waals surface area (Å²) < 4.78 is 13.4. The van der Waals surface area contributed by atoms with Crippen molar-refractivity contribution in [3.8, 4) is 0 Å². The molecule has 1 aromatic carbocycles. The van der Waals surface area contributed by atoms with Crippen molar-refractivity contribution in [1.82, 2.24) is 10.3 Å². The summed E-state index contributed by atoms with van der Waals surface area (Å²) in [6, 6.07) is 5.28. The predicted molar refractivity (Wildman–Crippen MR) is 75.7 cm³/mol. The Labute approximate surface area is 112 Å². The second kappa shape index (κ2) is 5.31. The molecule has 19 heavy (non-hydrogen) atoms. The third-order valence-electron chi connectivity index (χ3n) is 4.16. The van der Waals surface area contributed by atoms with Crippen LogP contribution in [0.5, 0.6) is 0 Å². The Kier molecular flexibility index (Phi) is 3.53. The lowest BCUT2D eigenvalue weighted by atomic mass is 9.86. The molecule has 1 saturated heterocycles. The first kappa shape index (κ1) is 12.6. The van der Waals surface area contributed by atoms with Gasteiger partial charge in [-0.1, -0.05) is 6.42 Å². The third kappa shape index (κ3) is 2.38. The fourth-order valence-corrected chi connectivity index (χ4v) is 3.15. The van der Waals surface area contributed by atoms with Crippen molar-refractivity contribution in [2.45, 2.75) is 31.2 Å². The number of fused-ring (bicyclic) bond motifs is 1. The van der Waals surface area contributed by atoms with Crippen molar-refractivity contribution in [3.63, 3.8) is 0 Å². The molecule has 1 aliphatic heterocycles. The molecule has 2 unspecified atom stereocenters. The van der Waals surface area contributed by atoms with Crippen LogP contribution in [0.2, 0.25) is 0 Å². The minimum atomic E-state index is -0.194. The van der Waals surface area contributed by atoms with Crippen molar-refractivity contribution in [3.05, 3.63) is 35.8 Å². The van der Waals surface area contributed by atoms with Gasteiger partial charge in [-0.15, -0.1) is 0 Å². The molecule has 4 heteroatoms. The smallest absolute Gasteiger partial charge is 0.123 e. The summed E-state index contributed by atoms with van der Waals surface area (Å²) in [5, 5.41) is 4.51. The highest BCUT2D eigenvalue weighted by Gasteiger charge is 2.25. The van der Waals surface area contributed by atoms with Crippen molar-refractivity contribution in [2.75, 3.05) is 13.1 Å². The first-order valence-electron chi connectivity index (χ1n) is 6.99. The first-order chi connectivity index (χ1) is 9.29. The lowest BCUT2D eigenvalue weighted by molar-refractivity contribution is 0.353. The van der Waals surface area contributed by atoms with Crippen LogP contribution in [0.1, 0.15) is 30.7 Å². The quantitative estimate of drug-likeness (QED) is 0.795. The number of aromatic amines is 1. The molecule has 0 spiro atoms. The number of piperidine rings is 1. The lowest BCUT2D eigenvalue weighted by Gasteiger charge is -2.30. The molecule has 4 N–H and O–H groups in total. The molecule has 1 aromatic heterocycles. The molecule has 0 radical (unpaired) electrons. The van der Waals surface area contributed by atoms with E-state index in [0.717, 1.165) is 29.4 Å². The van der Waals surface area contributed by atoms with E-state index in [1.165, 1.54) is 18.9 Å². The molecule has 3 rings (SSSR count). The van der Waals surface area contributed by atoms with Gasteiger partial charge in [-0.2, -0.15) is 0 Å². The second-order valence-electron chi connectivity index (χ2n) is 5.33. The summed E-state index contributed by atoms with van der Waals surface area (Å²) in [6.45, 7) is 1.64. The number of nitrogens with two attached hydrogens (primary N) is 1. The monoisotopic (exact) mass is 261 g/mol. The Morgan fingerprint density at radius 2 is 2.26 bits per heavy atom. The maximum atomic E-state index is 13.4. The molecule has 0 saturated carbocycles. The lowest BCUT2D eigenvalue weighted by Crippen LogP contribution is -2.41. The van der Waals surface area contributed by atoms with Gasteiger partial charge in [-0.25, -0.2) is 4.39 Å². The summed E-state index contributed by atoms with van der Waals surface area (Å²) in [6.07, 6.45) is 5.60. The van der Waals surface area contributed by atoms with Crippen molar-refractivity contribution >= 4 is 10.9 Å². The van der Waals surface area contributed by atoms with Crippen LogP contribution in [0.3, 0.4) is 0 Å². The molecule has 3 nitrogen and oxygen atoms in total. The van der Waals surface area contributed by atoms with Gasteiger partial charge >= 0.3 is 0 Å². The zero-order valence-corrected chi connectivity index (χ0v) is 11.0. The van der Waals surface area contributed by atoms with Crippen LogP contribution >= 0.6 is 0 Å². The summed E-state index contributed by atoms with van der Waals surface area (Å²) >= 11 is 0. The van der Waals surface area contributed by atoms with Crippen molar-refractivity contribution in [2.24, 2.45) is 5.73 Å². The van der Waals surface area contributed by atoms with Gasteiger partial charge in [0.15, 0.2) is 0 Å². The third-order valence-corrected chi connectivity index (χ3v) is 4.16. The molecule has 2 atom stereocenters. The molecular formula is C15H20FN3. The zero-order chi connectivity index (χ0) is 13.2. The number of H-pyrrole nitrogens is 1. The number of nitrogens with one attached hydrogen (secondary N) is 2. The fraction of sp³-hybridized carbons (Fsp3) is 0.467. The van der Waals surface area contributed by atoms with Crippen LogP contribution in [-0.4, -0.2) is 24.1 Å². The predicted octanol–water partition coefficient (Wildman–Crippen LogP) is 2.49. The summed E-state index contributed by atoms with van der Waals surface area (Å²) in [4.78, 5) is 3.22. The molecule has 1 aliphatic rings. The topological polar surface area (TPSA) is 53.8 Å². The highest BCUT2D eigenvalue weighted by Crippen LogP contribution is 2.30. The van der Waals surface area contributed by atoms with Gasteiger partial charge in [0.25, 0.3) is 0 Å². The summed E-state index contributed by atoms with van der Waals surface area (Å²) in [5.74, 6) is 0.0524. The maximum absolute atomic E-state index is 13.4. The van der Waals surface area contributed by atoms with E-state index in [9.17, 15) is 4.39 Å². The molecule has 0 bridgehead atoms. The van der Waals surface area contributed by atoms with E-state index in [4.69, 9.17) is 5.73 Å². The Hall–Kier alpha value is -1.39. The van der Waals surface area contributed by atoms with Crippen molar-refractivity contribution in [1.29, 1.82) is 0 Å². The highest BCUT2D eigenvalue weighted by molar-refractivity contribution is 5.83. The SMILES string of the molecule is NCC(c1c[nH]c2ccc(F)cc12)C1CCCCN1. The number of hydrogen-bond donors (Lipinski definition) is 3. The number of halogens is 1. The van der Waals surface area contributed by atoms with Gasteiger partial charge in [0.05, 0.1) is 0 Å². The van der Waals surface area contributed by atoms with E-state index in [1.54, 1.807) is 12.1 Å². The maximum Gasteiger partial charge on any atom is 0.123 e. The van der Waals surface area contributed by atoms with Crippen LogP contribution in [-0.2, 0) is 0 Å². The first-order valence-corrected chi connectivity index (χ1v) is 6.99. The number of hydrogen-bond acceptors (Lipinski definition) is 2. The minimum Gasteiger partial charge on any atom is -0.361 e. The van der Waals surface area contributed by atoms with E-state index in [0.29, 0.717) is 12.6 Å². The molecule has 102 valence electrons. The average Bonchev–Trinajstić information content (AvgIpc) is 2.84. The second-order valence-corrected chi connectivity index (χ2v) is 5.33. The normalized spacial score (nSPS) is 21.7. The number of benzene rings is 1. The molecule has 1 fully saturated rings. The van der Waals surface area contributed by atoms with Crippen molar-refractivity contribution < 1.29 is 4.39 Å². The Morgan fingerprint density at radius 3 is 3.00 bits per heavy atom. The average molecular weight is 261 g/mol. The Bertz CT molecular complexity index is 558. The van der Waals surface area contributed by atoms with Gasteiger partial charge in [-0.05, 0) is 43.1 Å². The zero-order valence-electron chi connectivity index (χ0n) is 11.0. The van der Waals surface area contributed by atoms with Gasteiger partial charge in [0, 0.05) is 35.6 Å². The Morgan fingerprint density at radius 1 is 1.37 bits per heavy atom. The van der Waals surface area contributed by atoms with Crippen LogP contribution < -0.4 is 11.1 Å².